The molecule has 1 aliphatic carbocycles. The number of ether oxygens (including phenoxy) is 1. The molecule has 2 aromatic heterocycles. The molecule has 0 spiro atoms. The number of hydrogen-bond donors (Lipinski definition) is 1. The summed E-state index contributed by atoms with van der Waals surface area (Å²) in [5.41, 5.74) is 6.43. The monoisotopic (exact) mass is 840 g/mol. The van der Waals surface area contributed by atoms with Crippen LogP contribution in [0.5, 0.6) is 5.75 Å². The van der Waals surface area contributed by atoms with Gasteiger partial charge in [0.25, 0.3) is 23.5 Å². The summed E-state index contributed by atoms with van der Waals surface area (Å²) in [5.74, 6) is -1.08. The topological polar surface area (TPSA) is 315 Å². The Morgan fingerprint density at radius 2 is 1.65 bits per heavy atom. The molecule has 0 saturated carbocycles. The number of phosphoric acid groups is 4. The molecule has 1 saturated heterocycles. The zero-order valence-electron chi connectivity index (χ0n) is 26.2. The Morgan fingerprint density at radius 1 is 0.981 bits per heavy atom. The summed E-state index contributed by atoms with van der Waals surface area (Å²) in [6.07, 6.45) is 2.84. The van der Waals surface area contributed by atoms with E-state index >= 15 is 0 Å². The minimum Gasteiger partial charge on any atom is -0.756 e. The fraction of sp³-hybridized carbons (Fsp3) is 0.320. The lowest BCUT2D eigenvalue weighted by atomic mass is 9.71. The van der Waals surface area contributed by atoms with Crippen molar-refractivity contribution in [2.75, 3.05) is 12.3 Å². The van der Waals surface area contributed by atoms with Crippen LogP contribution in [0.25, 0.3) is 11.2 Å². The number of anilines is 1. The van der Waals surface area contributed by atoms with Gasteiger partial charge in [0.15, 0.2) is 11.5 Å². The van der Waals surface area contributed by atoms with Crippen LogP contribution in [-0.2, 0) is 50.7 Å². The highest BCUT2D eigenvalue weighted by Gasteiger charge is 2.41. The molecular formula is C25H22Cl2N6O15P4-4. The number of Topliss-reactive ketones (excluding diaryl/α,β-unsaturated/α-hetero) is 1. The number of fused-ring (bicyclic) bond motifs is 3. The van der Waals surface area contributed by atoms with Gasteiger partial charge in [0, 0.05) is 11.0 Å². The van der Waals surface area contributed by atoms with E-state index in [9.17, 15) is 42.6 Å². The first-order valence-corrected chi connectivity index (χ1v) is 21.0. The molecule has 21 nitrogen and oxygen atoms in total. The third-order valence-electron chi connectivity index (χ3n) is 7.68. The van der Waals surface area contributed by atoms with Crippen LogP contribution in [0.4, 0.5) is 11.5 Å². The molecule has 52 heavy (non-hydrogen) atoms. The van der Waals surface area contributed by atoms with Gasteiger partial charge in [-0.2, -0.15) is 0 Å². The number of rotatable bonds is 12. The molecule has 2 aliphatic heterocycles. The Hall–Kier alpha value is -2.67. The fourth-order valence-corrected chi connectivity index (χ4v) is 11.0. The predicted octanol–water partition coefficient (Wildman–Crippen LogP) is 2.67. The normalized spacial score (nSPS) is 24.5. The van der Waals surface area contributed by atoms with Crippen LogP contribution in [0.1, 0.15) is 38.5 Å². The van der Waals surface area contributed by atoms with Crippen molar-refractivity contribution in [3.63, 3.8) is 0 Å². The summed E-state index contributed by atoms with van der Waals surface area (Å²) >= 11 is 12.2. The Bertz CT molecular complexity index is 2300. The second-order valence-corrected chi connectivity index (χ2v) is 18.4. The number of nitrogens with two attached hydrogens (primary N) is 1. The molecule has 6 rings (SSSR count). The largest absolute Gasteiger partial charge is 0.756 e. The van der Waals surface area contributed by atoms with E-state index in [-0.39, 0.29) is 44.8 Å². The summed E-state index contributed by atoms with van der Waals surface area (Å²) in [6.45, 7) is 2.49. The molecule has 0 bridgehead atoms. The molecule has 5 unspecified atom stereocenters. The summed E-state index contributed by atoms with van der Waals surface area (Å²) < 4.78 is 77.0. The van der Waals surface area contributed by atoms with Gasteiger partial charge in [-0.25, -0.2) is 32.9 Å². The number of nitrogen functional groups attached to an aromatic ring is 1. The number of nitrogens with zero attached hydrogens (tertiary/aromatic N) is 5. The number of carbonyl (C=O) groups is 1. The van der Waals surface area contributed by atoms with Crippen molar-refractivity contribution in [1.29, 1.82) is 0 Å². The molecule has 4 heterocycles. The van der Waals surface area contributed by atoms with Crippen LogP contribution in [0.15, 0.2) is 57.6 Å². The van der Waals surface area contributed by atoms with Crippen LogP contribution >= 0.6 is 54.5 Å². The van der Waals surface area contributed by atoms with E-state index in [0.29, 0.717) is 17.6 Å². The summed E-state index contributed by atoms with van der Waals surface area (Å²) in [4.78, 5) is 78.0. The molecular weight excluding hydrogens is 819 g/mol. The van der Waals surface area contributed by atoms with Crippen molar-refractivity contribution >= 4 is 88.7 Å². The van der Waals surface area contributed by atoms with E-state index in [1.165, 1.54) is 29.4 Å². The Morgan fingerprint density at radius 3 is 2.37 bits per heavy atom. The van der Waals surface area contributed by atoms with Gasteiger partial charge in [-0.1, -0.05) is 37.0 Å². The van der Waals surface area contributed by atoms with Gasteiger partial charge >= 0.3 is 7.82 Å². The maximum Gasteiger partial charge on any atom is 0.326 e. The summed E-state index contributed by atoms with van der Waals surface area (Å²) in [6, 6.07) is 3.49. The lowest BCUT2D eigenvalue weighted by Crippen LogP contribution is -2.32. The number of benzene rings is 1. The number of aromatic nitrogens is 4. The van der Waals surface area contributed by atoms with Gasteiger partial charge in [-0.3, -0.25) is 27.6 Å². The summed E-state index contributed by atoms with van der Waals surface area (Å²) in [7, 11) is -24.8. The maximum atomic E-state index is 12.5. The zero-order valence-corrected chi connectivity index (χ0v) is 31.3. The Labute approximate surface area is 302 Å². The van der Waals surface area contributed by atoms with E-state index in [1.54, 1.807) is 13.8 Å². The van der Waals surface area contributed by atoms with Crippen molar-refractivity contribution in [2.24, 2.45) is 4.99 Å². The van der Waals surface area contributed by atoms with Gasteiger partial charge in [-0.05, 0) is 42.7 Å². The fourth-order valence-electron chi connectivity index (χ4n) is 5.54. The first-order valence-electron chi connectivity index (χ1n) is 14.4. The number of halogens is 2. The number of carbonyl (C=O) groups excluding carboxylic acids is 1. The average Bonchev–Trinajstić information content (AvgIpc) is 3.65. The zero-order chi connectivity index (χ0) is 38.0. The quantitative estimate of drug-likeness (QED) is 0.202. The standard InChI is InChI=1S/C25H26Cl2N6O15P4/c1-25(2)14-7-12(3-5-16(14)32-17-8-15(26)22(34)20(27)19(17)25)45-50(37,38)47-52(41,42)48-51(39,40)46-49(35,36)43-9-13-4-6-18(44-13)33-11-31-21-23(28)29-10-30-24(21)33/h3,5,7-8,10-11,13,18H,4,6,9H2,1-2H3,(H,35,36)(H,37,38)(H,39,40)(H,41,42)(H2,28,29,30)/p-4/t13-,18?/m0/s1. The maximum absolute atomic E-state index is 12.5. The van der Waals surface area contributed by atoms with Crippen LogP contribution in [0.3, 0.4) is 0 Å². The third-order valence-corrected chi connectivity index (χ3v) is 14.0. The molecule has 6 atom stereocenters. The van der Waals surface area contributed by atoms with Gasteiger partial charge < -0.3 is 39.1 Å². The average molecular weight is 841 g/mol. The van der Waals surface area contributed by atoms with Crippen molar-refractivity contribution in [1.82, 2.24) is 19.5 Å². The number of imidazole rings is 1. The molecule has 0 radical (unpaired) electrons. The van der Waals surface area contributed by atoms with Crippen molar-refractivity contribution in [3.8, 4) is 5.75 Å². The Balaban J connectivity index is 1.06. The smallest absolute Gasteiger partial charge is 0.326 e. The van der Waals surface area contributed by atoms with E-state index in [4.69, 9.17) is 38.2 Å². The van der Waals surface area contributed by atoms with E-state index in [1.807, 2.05) is 0 Å². The second kappa shape index (κ2) is 13.9. The molecule has 27 heteroatoms. The number of hydrogen-bond acceptors (Lipinski definition) is 20. The SMILES string of the molecule is CC1(C)C2=C(Cl)C(=O)C(Cl)=CC2=Nc2ccc(OP(=O)([O-])OP(=O)([O-])OP(=O)([O-])OP(=O)([O-])OC[C@@H]3CCC(n4cnc5c(N)ncnc54)O3)cc21. The molecule has 1 aromatic carbocycles. The lowest BCUT2D eigenvalue weighted by Gasteiger charge is -2.37. The minimum atomic E-state index is -6.47. The molecule has 2 N–H and O–H groups in total. The third kappa shape index (κ3) is 8.20. The van der Waals surface area contributed by atoms with Crippen molar-refractivity contribution in [3.05, 3.63) is 58.1 Å². The Kier molecular flexibility index (Phi) is 10.4. The van der Waals surface area contributed by atoms with E-state index < -0.39 is 67.2 Å². The van der Waals surface area contributed by atoms with Crippen LogP contribution in [0.2, 0.25) is 0 Å². The highest BCUT2D eigenvalue weighted by molar-refractivity contribution is 7.68. The highest BCUT2D eigenvalue weighted by Crippen LogP contribution is 2.67. The number of allylic oxidation sites excluding steroid dienone is 4. The minimum absolute atomic E-state index is 0.120. The summed E-state index contributed by atoms with van der Waals surface area (Å²) in [5, 5.41) is -0.398. The number of ketones is 1. The van der Waals surface area contributed by atoms with Crippen molar-refractivity contribution < 1.29 is 69.3 Å². The molecule has 1 fully saturated rings. The first kappa shape index (κ1) is 39.0. The molecule has 3 aromatic rings. The molecule has 3 aliphatic rings. The van der Waals surface area contributed by atoms with Crippen molar-refractivity contribution in [2.45, 2.75) is 44.4 Å². The number of aliphatic imine (C=N–C) groups is 1. The lowest BCUT2D eigenvalue weighted by molar-refractivity contribution is -0.253. The van der Waals surface area contributed by atoms with Crippen LogP contribution in [0, 0.1) is 0 Å². The molecule has 0 amide bonds. The highest BCUT2D eigenvalue weighted by atomic mass is 35.5. The van der Waals surface area contributed by atoms with E-state index in [2.05, 4.69) is 37.4 Å². The molecule has 280 valence electrons. The van der Waals surface area contributed by atoms with Gasteiger partial charge in [0.2, 0.25) is 5.78 Å². The second-order valence-electron chi connectivity index (χ2n) is 11.6. The number of phosphoric ester groups is 2. The van der Waals surface area contributed by atoms with Gasteiger partial charge in [0.05, 0.1) is 40.5 Å². The van der Waals surface area contributed by atoms with E-state index in [0.717, 1.165) is 12.1 Å². The predicted molar refractivity (Wildman–Crippen MR) is 172 cm³/mol. The first-order chi connectivity index (χ1) is 24.1. The van der Waals surface area contributed by atoms with Gasteiger partial charge in [0.1, 0.15) is 23.8 Å². The van der Waals surface area contributed by atoms with Gasteiger partial charge in [-0.15, -0.1) is 0 Å². The van der Waals surface area contributed by atoms with Crippen LogP contribution < -0.4 is 29.8 Å². The van der Waals surface area contributed by atoms with Crippen LogP contribution in [-0.4, -0.2) is 43.7 Å².